The Morgan fingerprint density at radius 1 is 1.08 bits per heavy atom. The van der Waals surface area contributed by atoms with Crippen molar-refractivity contribution >= 4 is 17.5 Å². The van der Waals surface area contributed by atoms with Crippen LogP contribution in [0.1, 0.15) is 38.3 Å². The summed E-state index contributed by atoms with van der Waals surface area (Å²) in [5.74, 6) is 3.43. The normalized spacial score (nSPS) is 13.7. The van der Waals surface area contributed by atoms with E-state index in [1.807, 2.05) is 24.3 Å². The largest absolute Gasteiger partial charge is 0.497 e. The van der Waals surface area contributed by atoms with Gasteiger partial charge >= 0.3 is 0 Å². The van der Waals surface area contributed by atoms with Gasteiger partial charge in [-0.15, -0.1) is 0 Å². The number of rotatable bonds is 7. The summed E-state index contributed by atoms with van der Waals surface area (Å²) in [6.45, 7) is 4.15. The highest BCUT2D eigenvalue weighted by Crippen LogP contribution is 2.40. The van der Waals surface area contributed by atoms with Crippen LogP contribution in [-0.4, -0.2) is 30.2 Å². The number of methoxy groups -OCH3 is 2. The van der Waals surface area contributed by atoms with Crippen molar-refractivity contribution in [2.45, 2.75) is 38.6 Å². The lowest BCUT2D eigenvalue weighted by molar-refractivity contribution is 0.395. The number of nitrogens with zero attached hydrogens (tertiary/aromatic N) is 2. The maximum Gasteiger partial charge on any atom is 0.225 e. The van der Waals surface area contributed by atoms with E-state index in [1.54, 1.807) is 14.2 Å². The van der Waals surface area contributed by atoms with Crippen LogP contribution in [0.25, 0.3) is 0 Å². The molecule has 1 heterocycles. The van der Waals surface area contributed by atoms with Crippen LogP contribution in [0.3, 0.4) is 0 Å². The van der Waals surface area contributed by atoms with Crippen molar-refractivity contribution in [3.63, 3.8) is 0 Å². The van der Waals surface area contributed by atoms with E-state index in [9.17, 15) is 0 Å². The zero-order valence-corrected chi connectivity index (χ0v) is 14.6. The standard InChI is InChI=1S/C18H24N4O2/c1-11(2)19-18-21-15(12-5-6-12)10-17(22-18)20-14-8-7-13(23-3)9-16(14)24-4/h7-12H,5-6H2,1-4H3,(H2,19,20,21,22). The molecular weight excluding hydrogens is 304 g/mol. The van der Waals surface area contributed by atoms with Gasteiger partial charge in [-0.25, -0.2) is 4.98 Å². The molecule has 0 spiro atoms. The Morgan fingerprint density at radius 3 is 2.50 bits per heavy atom. The fourth-order valence-electron chi connectivity index (χ4n) is 2.48. The minimum absolute atomic E-state index is 0.280. The first-order chi connectivity index (χ1) is 11.6. The molecule has 2 aromatic rings. The average molecular weight is 328 g/mol. The van der Waals surface area contributed by atoms with Gasteiger partial charge in [0, 0.05) is 24.1 Å². The molecule has 1 aromatic carbocycles. The van der Waals surface area contributed by atoms with E-state index in [-0.39, 0.29) is 6.04 Å². The van der Waals surface area contributed by atoms with Gasteiger partial charge in [0.1, 0.15) is 17.3 Å². The predicted molar refractivity (Wildman–Crippen MR) is 95.6 cm³/mol. The molecule has 1 aromatic heterocycles. The van der Waals surface area contributed by atoms with Crippen LogP contribution in [-0.2, 0) is 0 Å². The highest BCUT2D eigenvalue weighted by atomic mass is 16.5. The number of hydrogen-bond donors (Lipinski definition) is 2. The Kier molecular flexibility index (Phi) is 4.74. The van der Waals surface area contributed by atoms with Gasteiger partial charge < -0.3 is 20.1 Å². The van der Waals surface area contributed by atoms with Gasteiger partial charge in [0.15, 0.2) is 0 Å². The molecule has 1 fully saturated rings. The van der Waals surface area contributed by atoms with Crippen molar-refractivity contribution in [2.75, 3.05) is 24.9 Å². The molecule has 1 saturated carbocycles. The Hall–Kier alpha value is -2.50. The summed E-state index contributed by atoms with van der Waals surface area (Å²) in [6, 6.07) is 7.96. The second kappa shape index (κ2) is 6.95. The zero-order valence-electron chi connectivity index (χ0n) is 14.6. The molecule has 2 N–H and O–H groups in total. The molecule has 0 atom stereocenters. The summed E-state index contributed by atoms with van der Waals surface area (Å²) in [5.41, 5.74) is 1.93. The first-order valence-electron chi connectivity index (χ1n) is 8.23. The molecule has 0 saturated heterocycles. The Labute approximate surface area is 142 Å². The molecule has 0 amide bonds. The number of ether oxygens (including phenoxy) is 2. The fraction of sp³-hybridized carbons (Fsp3) is 0.444. The molecular formula is C18H24N4O2. The van der Waals surface area contributed by atoms with Crippen LogP contribution < -0.4 is 20.1 Å². The average Bonchev–Trinajstić information content (AvgIpc) is 3.39. The third-order valence-electron chi connectivity index (χ3n) is 3.83. The van der Waals surface area contributed by atoms with Crippen LogP contribution in [0.4, 0.5) is 17.5 Å². The second-order valence-electron chi connectivity index (χ2n) is 6.27. The van der Waals surface area contributed by atoms with E-state index in [0.717, 1.165) is 22.9 Å². The van der Waals surface area contributed by atoms with Gasteiger partial charge in [-0.1, -0.05) is 0 Å². The monoisotopic (exact) mass is 328 g/mol. The lowest BCUT2D eigenvalue weighted by Gasteiger charge is -2.15. The van der Waals surface area contributed by atoms with Crippen molar-refractivity contribution in [2.24, 2.45) is 0 Å². The van der Waals surface area contributed by atoms with E-state index in [2.05, 4.69) is 34.4 Å². The van der Waals surface area contributed by atoms with Crippen LogP contribution in [0.5, 0.6) is 11.5 Å². The summed E-state index contributed by atoms with van der Waals surface area (Å²) in [4.78, 5) is 9.21. The maximum absolute atomic E-state index is 5.44. The van der Waals surface area contributed by atoms with E-state index in [4.69, 9.17) is 9.47 Å². The summed E-state index contributed by atoms with van der Waals surface area (Å²) in [5, 5.41) is 6.63. The van der Waals surface area contributed by atoms with Gasteiger partial charge in [0.2, 0.25) is 5.95 Å². The summed E-state index contributed by atoms with van der Waals surface area (Å²) in [6.07, 6.45) is 2.40. The van der Waals surface area contributed by atoms with Crippen molar-refractivity contribution in [1.29, 1.82) is 0 Å². The second-order valence-corrected chi connectivity index (χ2v) is 6.27. The molecule has 6 nitrogen and oxygen atoms in total. The van der Waals surface area contributed by atoms with Crippen LogP contribution >= 0.6 is 0 Å². The predicted octanol–water partition coefficient (Wildman–Crippen LogP) is 3.94. The Balaban J connectivity index is 1.90. The smallest absolute Gasteiger partial charge is 0.225 e. The lowest BCUT2D eigenvalue weighted by Crippen LogP contribution is -2.14. The number of aromatic nitrogens is 2. The van der Waals surface area contributed by atoms with Crippen LogP contribution in [0, 0.1) is 0 Å². The Morgan fingerprint density at radius 2 is 1.88 bits per heavy atom. The van der Waals surface area contributed by atoms with Gasteiger partial charge in [0.25, 0.3) is 0 Å². The van der Waals surface area contributed by atoms with Gasteiger partial charge in [-0.3, -0.25) is 0 Å². The van der Waals surface area contributed by atoms with Gasteiger partial charge in [-0.05, 0) is 38.8 Å². The Bertz CT molecular complexity index is 714. The number of anilines is 3. The molecule has 0 unspecified atom stereocenters. The van der Waals surface area contributed by atoms with Gasteiger partial charge in [0.05, 0.1) is 25.6 Å². The van der Waals surface area contributed by atoms with E-state index < -0.39 is 0 Å². The highest BCUT2D eigenvalue weighted by molar-refractivity contribution is 5.66. The third-order valence-corrected chi connectivity index (χ3v) is 3.83. The topological polar surface area (TPSA) is 68.3 Å². The van der Waals surface area contributed by atoms with Crippen LogP contribution in [0.2, 0.25) is 0 Å². The SMILES string of the molecule is COc1ccc(Nc2cc(C3CC3)nc(NC(C)C)n2)c(OC)c1. The molecule has 128 valence electrons. The number of benzene rings is 1. The van der Waals surface area contributed by atoms with E-state index >= 15 is 0 Å². The van der Waals surface area contributed by atoms with Crippen molar-refractivity contribution in [3.05, 3.63) is 30.0 Å². The molecule has 0 radical (unpaired) electrons. The highest BCUT2D eigenvalue weighted by Gasteiger charge is 2.26. The molecule has 6 heteroatoms. The summed E-state index contributed by atoms with van der Waals surface area (Å²) in [7, 11) is 3.28. The quantitative estimate of drug-likeness (QED) is 0.802. The van der Waals surface area contributed by atoms with Gasteiger partial charge in [-0.2, -0.15) is 4.98 Å². The summed E-state index contributed by atoms with van der Waals surface area (Å²) < 4.78 is 10.7. The minimum atomic E-state index is 0.280. The first-order valence-corrected chi connectivity index (χ1v) is 8.23. The lowest BCUT2D eigenvalue weighted by atomic mass is 10.2. The van der Waals surface area contributed by atoms with Crippen molar-refractivity contribution < 1.29 is 9.47 Å². The maximum atomic E-state index is 5.44. The van der Waals surface area contributed by atoms with E-state index in [1.165, 1.54) is 12.8 Å². The van der Waals surface area contributed by atoms with E-state index in [0.29, 0.717) is 17.6 Å². The van der Waals surface area contributed by atoms with Crippen molar-refractivity contribution in [3.8, 4) is 11.5 Å². The van der Waals surface area contributed by atoms with Crippen LogP contribution in [0.15, 0.2) is 24.3 Å². The third kappa shape index (κ3) is 3.88. The molecule has 0 bridgehead atoms. The number of nitrogens with one attached hydrogen (secondary N) is 2. The number of hydrogen-bond acceptors (Lipinski definition) is 6. The molecule has 0 aliphatic heterocycles. The fourth-order valence-corrected chi connectivity index (χ4v) is 2.48. The zero-order chi connectivity index (χ0) is 17.1. The molecule has 3 rings (SSSR count). The molecule has 24 heavy (non-hydrogen) atoms. The molecule has 1 aliphatic carbocycles. The molecule has 1 aliphatic rings. The summed E-state index contributed by atoms with van der Waals surface area (Å²) >= 11 is 0. The minimum Gasteiger partial charge on any atom is -0.497 e. The van der Waals surface area contributed by atoms with Crippen molar-refractivity contribution in [1.82, 2.24) is 9.97 Å². The first kappa shape index (κ1) is 16.4.